The van der Waals surface area contributed by atoms with Crippen LogP contribution < -0.4 is 10.0 Å². The second-order valence-corrected chi connectivity index (χ2v) is 9.09. The Balaban J connectivity index is 1.81. The third kappa shape index (κ3) is 6.22. The summed E-state index contributed by atoms with van der Waals surface area (Å²) in [5.74, 6) is 5.67. The third-order valence-electron chi connectivity index (χ3n) is 4.76. The van der Waals surface area contributed by atoms with Crippen molar-refractivity contribution in [2.75, 3.05) is 10.0 Å². The Bertz CT molecular complexity index is 1250. The van der Waals surface area contributed by atoms with Crippen LogP contribution in [0.2, 0.25) is 0 Å². The van der Waals surface area contributed by atoms with Crippen LogP contribution >= 0.6 is 0 Å². The van der Waals surface area contributed by atoms with E-state index in [9.17, 15) is 13.2 Å². The van der Waals surface area contributed by atoms with E-state index < -0.39 is 15.9 Å². The maximum atomic E-state index is 13.0. The Morgan fingerprint density at radius 3 is 2.47 bits per heavy atom. The van der Waals surface area contributed by atoms with Crippen molar-refractivity contribution in [1.82, 2.24) is 0 Å². The second-order valence-electron chi connectivity index (χ2n) is 7.40. The first-order valence-corrected chi connectivity index (χ1v) is 12.0. The molecular formula is C26H26N2O3S. The zero-order valence-electron chi connectivity index (χ0n) is 18.2. The van der Waals surface area contributed by atoms with E-state index in [1.165, 1.54) is 12.1 Å². The number of nitrogens with one attached hydrogen (secondary N) is 2. The lowest BCUT2D eigenvalue weighted by molar-refractivity contribution is 0.102. The molecule has 1 amide bonds. The van der Waals surface area contributed by atoms with Crippen LogP contribution in [0.15, 0.2) is 77.7 Å². The smallest absolute Gasteiger partial charge is 0.261 e. The number of rotatable bonds is 7. The van der Waals surface area contributed by atoms with Gasteiger partial charge in [-0.1, -0.05) is 61.1 Å². The number of carbonyl (C=O) groups is 1. The quantitative estimate of drug-likeness (QED) is 0.367. The van der Waals surface area contributed by atoms with Gasteiger partial charge in [0.25, 0.3) is 15.9 Å². The molecule has 0 saturated heterocycles. The molecule has 0 radical (unpaired) electrons. The van der Waals surface area contributed by atoms with E-state index in [-0.39, 0.29) is 16.1 Å². The van der Waals surface area contributed by atoms with Gasteiger partial charge in [0.15, 0.2) is 0 Å². The largest absolute Gasteiger partial charge is 0.322 e. The molecule has 0 aliphatic heterocycles. The second kappa shape index (κ2) is 10.7. The zero-order valence-corrected chi connectivity index (χ0v) is 19.0. The Morgan fingerprint density at radius 1 is 0.969 bits per heavy atom. The van der Waals surface area contributed by atoms with Gasteiger partial charge in [0.05, 0.1) is 16.1 Å². The molecule has 0 bridgehead atoms. The van der Waals surface area contributed by atoms with Gasteiger partial charge in [-0.25, -0.2) is 8.42 Å². The zero-order chi connectivity index (χ0) is 23.0. The van der Waals surface area contributed by atoms with Crippen LogP contribution in [0.5, 0.6) is 0 Å². The van der Waals surface area contributed by atoms with Gasteiger partial charge >= 0.3 is 0 Å². The van der Waals surface area contributed by atoms with E-state index in [4.69, 9.17) is 0 Å². The topological polar surface area (TPSA) is 75.3 Å². The summed E-state index contributed by atoms with van der Waals surface area (Å²) in [5, 5.41) is 2.80. The summed E-state index contributed by atoms with van der Waals surface area (Å²) in [7, 11) is -3.90. The van der Waals surface area contributed by atoms with Crippen molar-refractivity contribution in [3.05, 3.63) is 89.5 Å². The van der Waals surface area contributed by atoms with Gasteiger partial charge in [0, 0.05) is 17.7 Å². The summed E-state index contributed by atoms with van der Waals surface area (Å²) in [6.45, 7) is 4.06. The first kappa shape index (κ1) is 23.1. The molecule has 0 aromatic heterocycles. The van der Waals surface area contributed by atoms with Crippen molar-refractivity contribution in [2.45, 2.75) is 38.0 Å². The number of aryl methyl sites for hydroxylation is 1. The SMILES string of the molecule is CCCCC#Cc1cccc(S(=O)(=O)Nc2ccccc2C(=O)Nc2ccc(C)cc2)c1. The molecule has 0 aliphatic rings. The molecule has 0 atom stereocenters. The van der Waals surface area contributed by atoms with Crippen molar-refractivity contribution in [1.29, 1.82) is 0 Å². The first-order valence-electron chi connectivity index (χ1n) is 10.5. The predicted molar refractivity (Wildman–Crippen MR) is 129 cm³/mol. The van der Waals surface area contributed by atoms with Crippen molar-refractivity contribution in [2.24, 2.45) is 0 Å². The first-order chi connectivity index (χ1) is 15.4. The fourth-order valence-corrected chi connectivity index (χ4v) is 4.11. The summed E-state index contributed by atoms with van der Waals surface area (Å²) >= 11 is 0. The van der Waals surface area contributed by atoms with Crippen LogP contribution in [0.25, 0.3) is 0 Å². The highest BCUT2D eigenvalue weighted by Crippen LogP contribution is 2.22. The van der Waals surface area contributed by atoms with E-state index in [2.05, 4.69) is 28.8 Å². The Hall–Kier alpha value is -3.56. The maximum Gasteiger partial charge on any atom is 0.261 e. The number of carbonyl (C=O) groups excluding carboxylic acids is 1. The van der Waals surface area contributed by atoms with Gasteiger partial charge in [-0.05, 0) is 55.8 Å². The maximum absolute atomic E-state index is 13.0. The lowest BCUT2D eigenvalue weighted by atomic mass is 10.1. The highest BCUT2D eigenvalue weighted by atomic mass is 32.2. The summed E-state index contributed by atoms with van der Waals surface area (Å²) in [4.78, 5) is 12.9. The predicted octanol–water partition coefficient (Wildman–Crippen LogP) is 5.59. The Morgan fingerprint density at radius 2 is 1.72 bits per heavy atom. The van der Waals surface area contributed by atoms with Crippen molar-refractivity contribution in [3.8, 4) is 11.8 Å². The molecule has 0 unspecified atom stereocenters. The molecule has 0 saturated carbocycles. The Labute approximate surface area is 189 Å². The van der Waals surface area contributed by atoms with E-state index in [1.54, 1.807) is 48.5 Å². The van der Waals surface area contributed by atoms with Crippen LogP contribution in [0.1, 0.15) is 47.7 Å². The molecule has 3 aromatic rings. The van der Waals surface area contributed by atoms with Gasteiger partial charge in [0.1, 0.15) is 0 Å². The molecule has 5 nitrogen and oxygen atoms in total. The molecule has 32 heavy (non-hydrogen) atoms. The molecule has 3 aromatic carbocycles. The van der Waals surface area contributed by atoms with Crippen LogP contribution in [0, 0.1) is 18.8 Å². The van der Waals surface area contributed by atoms with Crippen molar-refractivity contribution >= 4 is 27.3 Å². The molecule has 0 aliphatic carbocycles. The lowest BCUT2D eigenvalue weighted by Gasteiger charge is -2.13. The Kier molecular flexibility index (Phi) is 7.69. The molecule has 164 valence electrons. The number of hydrogen-bond acceptors (Lipinski definition) is 3. The average Bonchev–Trinajstić information content (AvgIpc) is 2.78. The minimum Gasteiger partial charge on any atom is -0.322 e. The number of amides is 1. The summed E-state index contributed by atoms with van der Waals surface area (Å²) < 4.78 is 28.6. The minimum atomic E-state index is -3.90. The summed E-state index contributed by atoms with van der Waals surface area (Å²) in [5.41, 5.74) is 2.78. The fraction of sp³-hybridized carbons (Fsp3) is 0.192. The summed E-state index contributed by atoms with van der Waals surface area (Å²) in [6, 6.07) is 20.4. The number of para-hydroxylation sites is 1. The number of benzene rings is 3. The van der Waals surface area contributed by atoms with E-state index >= 15 is 0 Å². The monoisotopic (exact) mass is 446 g/mol. The van der Waals surface area contributed by atoms with Gasteiger partial charge in [0.2, 0.25) is 0 Å². The third-order valence-corrected chi connectivity index (χ3v) is 6.12. The number of sulfonamides is 1. The number of anilines is 2. The van der Waals surface area contributed by atoms with Gasteiger partial charge in [-0.2, -0.15) is 0 Å². The molecule has 3 rings (SSSR count). The van der Waals surface area contributed by atoms with Gasteiger partial charge in [-0.15, -0.1) is 0 Å². The molecule has 6 heteroatoms. The molecule has 2 N–H and O–H groups in total. The van der Waals surface area contributed by atoms with Crippen LogP contribution in [-0.4, -0.2) is 14.3 Å². The van der Waals surface area contributed by atoms with E-state index in [0.29, 0.717) is 11.3 Å². The number of unbranched alkanes of at least 4 members (excludes halogenated alkanes) is 2. The van der Waals surface area contributed by atoms with E-state index in [1.807, 2.05) is 19.1 Å². The highest BCUT2D eigenvalue weighted by Gasteiger charge is 2.19. The van der Waals surface area contributed by atoms with Crippen LogP contribution in [0.3, 0.4) is 0 Å². The van der Waals surface area contributed by atoms with E-state index in [0.717, 1.165) is 24.8 Å². The summed E-state index contributed by atoms with van der Waals surface area (Å²) in [6.07, 6.45) is 2.84. The lowest BCUT2D eigenvalue weighted by Crippen LogP contribution is -2.18. The molecular weight excluding hydrogens is 420 g/mol. The molecule has 0 fully saturated rings. The van der Waals surface area contributed by atoms with Crippen molar-refractivity contribution in [3.63, 3.8) is 0 Å². The van der Waals surface area contributed by atoms with Crippen LogP contribution in [-0.2, 0) is 10.0 Å². The van der Waals surface area contributed by atoms with Crippen LogP contribution in [0.4, 0.5) is 11.4 Å². The molecule has 0 heterocycles. The minimum absolute atomic E-state index is 0.0912. The van der Waals surface area contributed by atoms with Gasteiger partial charge in [-0.3, -0.25) is 9.52 Å². The van der Waals surface area contributed by atoms with Gasteiger partial charge < -0.3 is 5.32 Å². The standard InChI is InChI=1S/C26H26N2O3S/c1-3-4-5-6-10-21-11-9-12-23(19-21)32(30,31)28-25-14-8-7-13-24(25)26(29)27-22-17-15-20(2)16-18-22/h7-9,11-19,28H,3-5H2,1-2H3,(H,27,29). The van der Waals surface area contributed by atoms with Crippen molar-refractivity contribution < 1.29 is 13.2 Å². The highest BCUT2D eigenvalue weighted by molar-refractivity contribution is 7.92. The number of hydrogen-bond donors (Lipinski definition) is 2. The fourth-order valence-electron chi connectivity index (χ4n) is 2.98. The molecule has 0 spiro atoms. The normalized spacial score (nSPS) is 10.7. The average molecular weight is 447 g/mol.